The van der Waals surface area contributed by atoms with Gasteiger partial charge in [0, 0.05) is 37.3 Å². The van der Waals surface area contributed by atoms with Crippen molar-refractivity contribution in [1.82, 2.24) is 10.2 Å². The number of phenols is 1. The molecule has 1 aliphatic heterocycles. The molecule has 132 valence electrons. The average Bonchev–Trinajstić information content (AvgIpc) is 2.42. The molecule has 0 unspecified atom stereocenters. The summed E-state index contributed by atoms with van der Waals surface area (Å²) in [6.45, 7) is 3.39. The molecule has 1 aromatic rings. The zero-order chi connectivity index (χ0) is 15.6. The molecule has 23 heavy (non-hydrogen) atoms. The highest BCUT2D eigenvalue weighted by Crippen LogP contribution is 2.40. The van der Waals surface area contributed by atoms with Crippen molar-refractivity contribution in [3.05, 3.63) is 33.4 Å². The Balaban J connectivity index is 0.00000242. The second-order valence-corrected chi connectivity index (χ2v) is 4.99. The van der Waals surface area contributed by atoms with Crippen LogP contribution >= 0.6 is 24.8 Å². The number of aromatic hydroxyl groups is 1. The van der Waals surface area contributed by atoms with Gasteiger partial charge < -0.3 is 10.4 Å². The van der Waals surface area contributed by atoms with Crippen LogP contribution in [0.5, 0.6) is 5.75 Å². The Morgan fingerprint density at radius 3 is 2.35 bits per heavy atom. The molecule has 10 heteroatoms. The van der Waals surface area contributed by atoms with E-state index < -0.39 is 28.8 Å². The minimum Gasteiger partial charge on any atom is -0.502 e. The largest absolute Gasteiger partial charge is 0.502 e. The maximum Gasteiger partial charge on any atom is 0.313 e. The van der Waals surface area contributed by atoms with E-state index in [0.717, 1.165) is 0 Å². The maximum absolute atomic E-state index is 13.4. The molecule has 0 radical (unpaired) electrons. The molecule has 1 aromatic carbocycles. The van der Waals surface area contributed by atoms with Crippen molar-refractivity contribution in [3.8, 4) is 5.75 Å². The van der Waals surface area contributed by atoms with E-state index in [1.807, 2.05) is 0 Å². The quantitative estimate of drug-likeness (QED) is 0.626. The highest BCUT2D eigenvalue weighted by molar-refractivity contribution is 5.85. The number of benzene rings is 1. The molecule has 2 rings (SSSR count). The number of piperazine rings is 1. The standard InChI is InChI=1S/C13H17F2N3O3.2ClH/c1-8-2-3-9(12(19)10(8)18(20)21)11(13(14)15)17-6-4-16-5-7-17;;/h2-3,11,13,16,19H,4-7H2,1H3;2*1H/t11-;;/m1../s1. The molecule has 1 saturated heterocycles. The number of hydrogen-bond donors (Lipinski definition) is 2. The fourth-order valence-electron chi connectivity index (χ4n) is 2.62. The second kappa shape index (κ2) is 9.17. The van der Waals surface area contributed by atoms with Crippen molar-refractivity contribution in [2.75, 3.05) is 26.2 Å². The van der Waals surface area contributed by atoms with Gasteiger partial charge in [-0.2, -0.15) is 0 Å². The summed E-state index contributed by atoms with van der Waals surface area (Å²) in [6.07, 6.45) is -2.74. The van der Waals surface area contributed by atoms with Crippen LogP contribution in [0.25, 0.3) is 0 Å². The molecule has 2 N–H and O–H groups in total. The first-order valence-corrected chi connectivity index (χ1v) is 6.63. The molecule has 1 fully saturated rings. The Morgan fingerprint density at radius 2 is 1.87 bits per heavy atom. The summed E-state index contributed by atoms with van der Waals surface area (Å²) < 4.78 is 26.9. The van der Waals surface area contributed by atoms with Crippen molar-refractivity contribution in [2.45, 2.75) is 19.4 Å². The van der Waals surface area contributed by atoms with Crippen LogP contribution in [-0.4, -0.2) is 47.5 Å². The van der Waals surface area contributed by atoms with Crippen molar-refractivity contribution in [3.63, 3.8) is 0 Å². The summed E-state index contributed by atoms with van der Waals surface area (Å²) in [4.78, 5) is 11.8. The number of nitrogens with one attached hydrogen (secondary N) is 1. The summed E-state index contributed by atoms with van der Waals surface area (Å²) >= 11 is 0. The number of hydrogen-bond acceptors (Lipinski definition) is 5. The van der Waals surface area contributed by atoms with Crippen LogP contribution in [-0.2, 0) is 0 Å². The SMILES string of the molecule is Cc1ccc([C@H](C(F)F)N2CCNCC2)c(O)c1[N+](=O)[O-].Cl.Cl. The van der Waals surface area contributed by atoms with E-state index in [0.29, 0.717) is 26.2 Å². The van der Waals surface area contributed by atoms with Gasteiger partial charge in [0.2, 0.25) is 0 Å². The summed E-state index contributed by atoms with van der Waals surface area (Å²) in [7, 11) is 0. The predicted octanol–water partition coefficient (Wildman–Crippen LogP) is 2.66. The Labute approximate surface area is 144 Å². The molecule has 1 atom stereocenters. The van der Waals surface area contributed by atoms with Gasteiger partial charge in [0.05, 0.1) is 4.92 Å². The van der Waals surface area contributed by atoms with Crippen LogP contribution in [0.2, 0.25) is 0 Å². The number of nitro benzene ring substituents is 1. The van der Waals surface area contributed by atoms with Gasteiger partial charge in [-0.15, -0.1) is 24.8 Å². The highest BCUT2D eigenvalue weighted by Gasteiger charge is 2.35. The molecule has 0 amide bonds. The molecular weight excluding hydrogens is 355 g/mol. The Bertz CT molecular complexity index is 543. The Morgan fingerprint density at radius 1 is 1.30 bits per heavy atom. The Hall–Kier alpha value is -1.22. The van der Waals surface area contributed by atoms with E-state index in [1.54, 1.807) is 0 Å². The van der Waals surface area contributed by atoms with Crippen LogP contribution in [0.3, 0.4) is 0 Å². The molecule has 1 heterocycles. The van der Waals surface area contributed by atoms with E-state index in [4.69, 9.17) is 0 Å². The fourth-order valence-corrected chi connectivity index (χ4v) is 2.62. The minimum absolute atomic E-state index is 0. The third-order valence-corrected chi connectivity index (χ3v) is 3.67. The number of nitro groups is 1. The molecule has 0 bridgehead atoms. The zero-order valence-electron chi connectivity index (χ0n) is 12.4. The minimum atomic E-state index is -2.74. The normalized spacial score (nSPS) is 16.3. The van der Waals surface area contributed by atoms with Crippen molar-refractivity contribution in [2.24, 2.45) is 0 Å². The Kier molecular flexibility index (Phi) is 8.68. The van der Waals surface area contributed by atoms with Crippen molar-refractivity contribution < 1.29 is 18.8 Å². The molecule has 0 saturated carbocycles. The lowest BCUT2D eigenvalue weighted by molar-refractivity contribution is -0.386. The zero-order valence-corrected chi connectivity index (χ0v) is 14.0. The molecule has 0 spiro atoms. The van der Waals surface area contributed by atoms with Gasteiger partial charge >= 0.3 is 5.69 Å². The fraction of sp³-hybridized carbons (Fsp3) is 0.538. The number of alkyl halides is 2. The molecule has 0 aliphatic carbocycles. The first-order chi connectivity index (χ1) is 9.93. The lowest BCUT2D eigenvalue weighted by atomic mass is 10.00. The first-order valence-electron chi connectivity index (χ1n) is 6.63. The molecule has 0 aromatic heterocycles. The highest BCUT2D eigenvalue weighted by atomic mass is 35.5. The topological polar surface area (TPSA) is 78.6 Å². The average molecular weight is 374 g/mol. The van der Waals surface area contributed by atoms with Gasteiger partial charge in [-0.05, 0) is 6.92 Å². The van der Waals surface area contributed by atoms with Gasteiger partial charge in [0.1, 0.15) is 6.04 Å². The van der Waals surface area contributed by atoms with Gasteiger partial charge in [-0.1, -0.05) is 12.1 Å². The molecule has 1 aliphatic rings. The lowest BCUT2D eigenvalue weighted by Crippen LogP contribution is -2.46. The van der Waals surface area contributed by atoms with E-state index in [-0.39, 0.29) is 35.9 Å². The van der Waals surface area contributed by atoms with E-state index in [9.17, 15) is 24.0 Å². The number of halogens is 4. The van der Waals surface area contributed by atoms with Crippen LogP contribution in [0.1, 0.15) is 17.2 Å². The predicted molar refractivity (Wildman–Crippen MR) is 87.2 cm³/mol. The van der Waals surface area contributed by atoms with Crippen LogP contribution < -0.4 is 5.32 Å². The van der Waals surface area contributed by atoms with Gasteiger partial charge in [-0.3, -0.25) is 15.0 Å². The lowest BCUT2D eigenvalue weighted by Gasteiger charge is -2.34. The van der Waals surface area contributed by atoms with Gasteiger partial charge in [-0.25, -0.2) is 8.78 Å². The maximum atomic E-state index is 13.4. The van der Waals surface area contributed by atoms with E-state index >= 15 is 0 Å². The smallest absolute Gasteiger partial charge is 0.313 e. The van der Waals surface area contributed by atoms with Crippen molar-refractivity contribution >= 4 is 30.5 Å². The second-order valence-electron chi connectivity index (χ2n) is 4.99. The van der Waals surface area contributed by atoms with Crippen LogP contribution in [0.15, 0.2) is 12.1 Å². The van der Waals surface area contributed by atoms with Crippen LogP contribution in [0, 0.1) is 17.0 Å². The molecular formula is C13H19Cl2F2N3O3. The number of nitrogens with zero attached hydrogens (tertiary/aromatic N) is 2. The van der Waals surface area contributed by atoms with Gasteiger partial charge in [0.15, 0.2) is 5.75 Å². The number of rotatable bonds is 4. The third-order valence-electron chi connectivity index (χ3n) is 3.67. The molecule has 6 nitrogen and oxygen atoms in total. The monoisotopic (exact) mass is 373 g/mol. The number of phenolic OH excluding ortho intramolecular Hbond substituents is 1. The van der Waals surface area contributed by atoms with E-state index in [1.165, 1.54) is 24.0 Å². The summed E-state index contributed by atoms with van der Waals surface area (Å²) in [5.41, 5.74) is -0.355. The van der Waals surface area contributed by atoms with Crippen molar-refractivity contribution in [1.29, 1.82) is 0 Å². The van der Waals surface area contributed by atoms with Gasteiger partial charge in [0.25, 0.3) is 6.43 Å². The first kappa shape index (κ1) is 21.8. The third kappa shape index (κ3) is 4.63. The number of aryl methyl sites for hydroxylation is 1. The summed E-state index contributed by atoms with van der Waals surface area (Å²) in [5, 5.41) is 24.1. The summed E-state index contributed by atoms with van der Waals surface area (Å²) in [5.74, 6) is -0.663. The van der Waals surface area contributed by atoms with E-state index in [2.05, 4.69) is 5.32 Å². The van der Waals surface area contributed by atoms with Crippen LogP contribution in [0.4, 0.5) is 14.5 Å². The summed E-state index contributed by atoms with van der Waals surface area (Å²) in [6, 6.07) is 1.40.